The Balaban J connectivity index is 2.31. The molecule has 0 heterocycles. The number of rotatable bonds is 6. The number of halogens is 2. The first-order valence-electron chi connectivity index (χ1n) is 4.67. The van der Waals surface area contributed by atoms with Crippen LogP contribution in [0.1, 0.15) is 19.3 Å². The monoisotopic (exact) mass is 213 g/mol. The molecule has 4 heteroatoms. The molecular formula is C11H11F2O2. The van der Waals surface area contributed by atoms with Crippen molar-refractivity contribution in [3.05, 3.63) is 29.8 Å². The van der Waals surface area contributed by atoms with Crippen LogP contribution < -0.4 is 4.74 Å². The lowest BCUT2D eigenvalue weighted by Crippen LogP contribution is -1.98. The van der Waals surface area contributed by atoms with E-state index >= 15 is 0 Å². The van der Waals surface area contributed by atoms with Crippen molar-refractivity contribution in [1.82, 2.24) is 0 Å². The van der Waals surface area contributed by atoms with Crippen LogP contribution >= 0.6 is 0 Å². The zero-order valence-electron chi connectivity index (χ0n) is 8.13. The smallest absolute Gasteiger partial charge is 0.198 e. The Kier molecular flexibility index (Phi) is 4.74. The van der Waals surface area contributed by atoms with E-state index in [1.807, 2.05) is 0 Å². The maximum absolute atomic E-state index is 12.7. The summed E-state index contributed by atoms with van der Waals surface area (Å²) in [4.78, 5) is 9.86. The summed E-state index contributed by atoms with van der Waals surface area (Å²) in [5, 5.41) is 0. The largest absolute Gasteiger partial charge is 0.493 e. The predicted molar refractivity (Wildman–Crippen MR) is 51.4 cm³/mol. The van der Waals surface area contributed by atoms with Gasteiger partial charge in [-0.1, -0.05) is 0 Å². The van der Waals surface area contributed by atoms with Gasteiger partial charge >= 0.3 is 0 Å². The van der Waals surface area contributed by atoms with Gasteiger partial charge in [0.05, 0.1) is 6.61 Å². The first-order valence-corrected chi connectivity index (χ1v) is 4.67. The molecule has 0 spiro atoms. The van der Waals surface area contributed by atoms with Crippen molar-refractivity contribution in [1.29, 1.82) is 0 Å². The minimum absolute atomic E-state index is 0.295. The molecule has 1 radical (unpaired) electrons. The highest BCUT2D eigenvalue weighted by molar-refractivity contribution is 5.50. The van der Waals surface area contributed by atoms with Crippen LogP contribution in [-0.2, 0) is 4.79 Å². The minimum atomic E-state index is -0.922. The lowest BCUT2D eigenvalue weighted by Gasteiger charge is -2.05. The molecule has 0 aliphatic heterocycles. The highest BCUT2D eigenvalue weighted by atomic mass is 19.2. The van der Waals surface area contributed by atoms with Gasteiger partial charge in [-0.15, -0.1) is 0 Å². The molecular weight excluding hydrogens is 202 g/mol. The van der Waals surface area contributed by atoms with Crippen LogP contribution in [0.2, 0.25) is 0 Å². The van der Waals surface area contributed by atoms with Crippen LogP contribution in [-0.4, -0.2) is 12.9 Å². The van der Waals surface area contributed by atoms with Crippen LogP contribution in [0.3, 0.4) is 0 Å². The van der Waals surface area contributed by atoms with Gasteiger partial charge in [0.2, 0.25) is 0 Å². The SMILES string of the molecule is O=[C]CCCCOc1ccc(F)c(F)c1. The molecule has 0 atom stereocenters. The Hall–Kier alpha value is -1.45. The Bertz CT molecular complexity index is 326. The number of hydrogen-bond acceptors (Lipinski definition) is 2. The third-order valence-corrected chi connectivity index (χ3v) is 1.83. The summed E-state index contributed by atoms with van der Waals surface area (Å²) in [6.45, 7) is 0.382. The van der Waals surface area contributed by atoms with E-state index in [4.69, 9.17) is 4.74 Å². The molecule has 1 rings (SSSR count). The van der Waals surface area contributed by atoms with Gasteiger partial charge in [0, 0.05) is 12.5 Å². The molecule has 0 fully saturated rings. The van der Waals surface area contributed by atoms with Crippen LogP contribution in [0.15, 0.2) is 18.2 Å². The predicted octanol–water partition coefficient (Wildman–Crippen LogP) is 2.62. The number of unbranched alkanes of at least 4 members (excludes halogenated alkanes) is 2. The average molecular weight is 213 g/mol. The molecule has 1 aromatic carbocycles. The topological polar surface area (TPSA) is 26.3 Å². The number of carbonyl (C=O) groups excluding carboxylic acids is 1. The summed E-state index contributed by atoms with van der Waals surface area (Å²) in [6, 6.07) is 3.38. The first kappa shape index (κ1) is 11.6. The zero-order valence-corrected chi connectivity index (χ0v) is 8.13. The van der Waals surface area contributed by atoms with E-state index < -0.39 is 11.6 Å². The summed E-state index contributed by atoms with van der Waals surface area (Å²) >= 11 is 0. The molecule has 0 saturated heterocycles. The lowest BCUT2D eigenvalue weighted by atomic mass is 10.2. The molecule has 0 aliphatic carbocycles. The van der Waals surface area contributed by atoms with Crippen molar-refractivity contribution in [3.8, 4) is 5.75 Å². The molecule has 0 unspecified atom stereocenters. The number of ether oxygens (including phenoxy) is 1. The maximum Gasteiger partial charge on any atom is 0.198 e. The Morgan fingerprint density at radius 2 is 2.00 bits per heavy atom. The van der Waals surface area contributed by atoms with Crippen molar-refractivity contribution in [3.63, 3.8) is 0 Å². The van der Waals surface area contributed by atoms with Gasteiger partial charge in [0.25, 0.3) is 0 Å². The molecule has 2 nitrogen and oxygen atoms in total. The quantitative estimate of drug-likeness (QED) is 0.679. The van der Waals surface area contributed by atoms with E-state index in [0.717, 1.165) is 12.1 Å². The van der Waals surface area contributed by atoms with Crippen molar-refractivity contribution in [2.45, 2.75) is 19.3 Å². The van der Waals surface area contributed by atoms with Gasteiger partial charge in [-0.25, -0.2) is 8.78 Å². The van der Waals surface area contributed by atoms with Crippen molar-refractivity contribution >= 4 is 6.29 Å². The van der Waals surface area contributed by atoms with Crippen LogP contribution in [0.25, 0.3) is 0 Å². The Morgan fingerprint density at radius 3 is 2.67 bits per heavy atom. The fourth-order valence-corrected chi connectivity index (χ4v) is 1.06. The van der Waals surface area contributed by atoms with Gasteiger partial charge in [-0.05, 0) is 25.0 Å². The van der Waals surface area contributed by atoms with E-state index in [1.165, 1.54) is 6.07 Å². The highest BCUT2D eigenvalue weighted by Crippen LogP contribution is 2.15. The maximum atomic E-state index is 12.7. The molecule has 81 valence electrons. The normalized spacial score (nSPS) is 10.0. The second kappa shape index (κ2) is 6.11. The van der Waals surface area contributed by atoms with E-state index in [-0.39, 0.29) is 0 Å². The number of benzene rings is 1. The van der Waals surface area contributed by atoms with E-state index in [0.29, 0.717) is 31.6 Å². The number of hydrogen-bond donors (Lipinski definition) is 0. The van der Waals surface area contributed by atoms with Crippen LogP contribution in [0, 0.1) is 11.6 Å². The summed E-state index contributed by atoms with van der Waals surface area (Å²) in [5.41, 5.74) is 0. The Labute approximate surface area is 86.9 Å². The van der Waals surface area contributed by atoms with Crippen molar-refractivity contribution in [2.24, 2.45) is 0 Å². The second-order valence-corrected chi connectivity index (χ2v) is 3.03. The van der Waals surface area contributed by atoms with Gasteiger partial charge in [0.1, 0.15) is 5.75 Å². The van der Waals surface area contributed by atoms with Crippen molar-refractivity contribution in [2.75, 3.05) is 6.61 Å². The molecule has 0 aliphatic rings. The summed E-state index contributed by atoms with van der Waals surface area (Å²) < 4.78 is 30.4. The summed E-state index contributed by atoms with van der Waals surface area (Å²) in [5.74, 6) is -1.52. The van der Waals surface area contributed by atoms with E-state index in [2.05, 4.69) is 0 Å². The molecule has 1 aromatic rings. The van der Waals surface area contributed by atoms with Gasteiger partial charge in [-0.2, -0.15) is 0 Å². The van der Waals surface area contributed by atoms with E-state index in [9.17, 15) is 13.6 Å². The minimum Gasteiger partial charge on any atom is -0.493 e. The van der Waals surface area contributed by atoms with Crippen molar-refractivity contribution < 1.29 is 18.3 Å². The third-order valence-electron chi connectivity index (χ3n) is 1.83. The molecule has 0 bridgehead atoms. The fraction of sp³-hybridized carbons (Fsp3) is 0.364. The third kappa shape index (κ3) is 4.06. The van der Waals surface area contributed by atoms with Crippen LogP contribution in [0.5, 0.6) is 5.75 Å². The zero-order chi connectivity index (χ0) is 11.1. The second-order valence-electron chi connectivity index (χ2n) is 3.03. The van der Waals surface area contributed by atoms with Gasteiger partial charge in [-0.3, -0.25) is 4.79 Å². The summed E-state index contributed by atoms with van der Waals surface area (Å²) in [7, 11) is 0. The fourth-order valence-electron chi connectivity index (χ4n) is 1.06. The molecule has 15 heavy (non-hydrogen) atoms. The molecule has 0 amide bonds. The first-order chi connectivity index (χ1) is 7.24. The standard InChI is InChI=1S/C11H11F2O2/c12-10-5-4-9(8-11(10)13)15-7-3-1-2-6-14/h4-5,8H,1-3,7H2. The molecule has 0 saturated carbocycles. The lowest BCUT2D eigenvalue weighted by molar-refractivity contribution is 0.305. The van der Waals surface area contributed by atoms with Gasteiger partial charge in [0.15, 0.2) is 17.9 Å². The van der Waals surface area contributed by atoms with Crippen LogP contribution in [0.4, 0.5) is 8.78 Å². The highest BCUT2D eigenvalue weighted by Gasteiger charge is 2.02. The average Bonchev–Trinajstić information content (AvgIpc) is 2.23. The Morgan fingerprint density at radius 1 is 1.20 bits per heavy atom. The molecule has 0 aromatic heterocycles. The molecule has 0 N–H and O–H groups in total. The van der Waals surface area contributed by atoms with Gasteiger partial charge < -0.3 is 4.74 Å². The summed E-state index contributed by atoms with van der Waals surface area (Å²) in [6.07, 6.45) is 3.52. The van der Waals surface area contributed by atoms with E-state index in [1.54, 1.807) is 6.29 Å².